The molecule has 1 fully saturated rings. The van der Waals surface area contributed by atoms with Gasteiger partial charge in [-0.25, -0.2) is 18.1 Å². The number of aryl methyl sites for hydroxylation is 3. The summed E-state index contributed by atoms with van der Waals surface area (Å²) < 4.78 is 35.9. The molecule has 2 aromatic heterocycles. The van der Waals surface area contributed by atoms with Crippen molar-refractivity contribution >= 4 is 16.0 Å². The van der Waals surface area contributed by atoms with E-state index >= 15 is 0 Å². The van der Waals surface area contributed by atoms with Gasteiger partial charge in [-0.15, -0.1) is 0 Å². The zero-order chi connectivity index (χ0) is 22.9. The summed E-state index contributed by atoms with van der Waals surface area (Å²) in [5.41, 5.74) is 3.65. The maximum absolute atomic E-state index is 12.9. The van der Waals surface area contributed by atoms with Crippen LogP contribution in [-0.2, 0) is 17.1 Å². The van der Waals surface area contributed by atoms with Crippen molar-refractivity contribution in [1.82, 2.24) is 19.7 Å². The van der Waals surface area contributed by atoms with Gasteiger partial charge in [0.25, 0.3) is 10.0 Å². The Hall–Kier alpha value is -2.94. The number of nitrogens with one attached hydrogen (secondary N) is 1. The molecule has 1 N–H and O–H groups in total. The Morgan fingerprint density at radius 1 is 1.12 bits per heavy atom. The zero-order valence-electron chi connectivity index (χ0n) is 18.9. The van der Waals surface area contributed by atoms with Crippen LogP contribution in [0.5, 0.6) is 5.88 Å². The summed E-state index contributed by atoms with van der Waals surface area (Å²) in [4.78, 5) is 9.01. The summed E-state index contributed by atoms with van der Waals surface area (Å²) >= 11 is 0. The lowest BCUT2D eigenvalue weighted by Gasteiger charge is -2.29. The Labute approximate surface area is 189 Å². The van der Waals surface area contributed by atoms with Gasteiger partial charge < -0.3 is 4.74 Å². The molecule has 0 radical (unpaired) electrons. The molecular formula is C23H29N5O3S. The van der Waals surface area contributed by atoms with Gasteiger partial charge >= 0.3 is 0 Å². The van der Waals surface area contributed by atoms with Crippen molar-refractivity contribution in [2.75, 3.05) is 4.72 Å². The topological polar surface area (TPSA) is 99.0 Å². The van der Waals surface area contributed by atoms with Crippen molar-refractivity contribution in [3.63, 3.8) is 0 Å². The lowest BCUT2D eigenvalue weighted by atomic mass is 9.88. The zero-order valence-corrected chi connectivity index (χ0v) is 19.7. The number of ether oxygens (including phenoxy) is 1. The number of sulfonamides is 1. The standard InChI is InChI=1S/C23H29N5O3S/c1-15-8-5-6-11-20(15)31-21-12-19(22-16(2)9-7-10-17(22)3)25-23(26-21)27-32(29,30)18-13-24-28(4)14-18/h7,9-10,12-15,20H,5-6,8,11H2,1-4H3,(H,25,26,27). The summed E-state index contributed by atoms with van der Waals surface area (Å²) in [5.74, 6) is 0.769. The van der Waals surface area contributed by atoms with Crippen molar-refractivity contribution < 1.29 is 13.2 Å². The third-order valence-corrected chi connectivity index (χ3v) is 7.24. The minimum Gasteiger partial charge on any atom is -0.474 e. The fourth-order valence-corrected chi connectivity index (χ4v) is 5.13. The molecule has 32 heavy (non-hydrogen) atoms. The Balaban J connectivity index is 1.75. The Morgan fingerprint density at radius 3 is 2.50 bits per heavy atom. The molecular weight excluding hydrogens is 426 g/mol. The van der Waals surface area contributed by atoms with Crippen molar-refractivity contribution in [2.24, 2.45) is 13.0 Å². The highest BCUT2D eigenvalue weighted by Gasteiger charge is 2.25. The van der Waals surface area contributed by atoms with E-state index in [-0.39, 0.29) is 16.9 Å². The molecule has 1 saturated carbocycles. The molecule has 4 rings (SSSR count). The van der Waals surface area contributed by atoms with E-state index in [9.17, 15) is 8.42 Å². The van der Waals surface area contributed by atoms with E-state index in [1.807, 2.05) is 32.0 Å². The number of aromatic nitrogens is 4. The largest absolute Gasteiger partial charge is 0.474 e. The molecule has 1 aromatic carbocycles. The van der Waals surface area contributed by atoms with Crippen LogP contribution in [0.4, 0.5) is 5.95 Å². The summed E-state index contributed by atoms with van der Waals surface area (Å²) in [6.07, 6.45) is 7.16. The summed E-state index contributed by atoms with van der Waals surface area (Å²) in [7, 11) is -2.23. The molecule has 0 saturated heterocycles. The van der Waals surface area contributed by atoms with Crippen molar-refractivity contribution in [3.8, 4) is 17.1 Å². The normalized spacial score (nSPS) is 19.0. The number of benzene rings is 1. The number of hydrogen-bond acceptors (Lipinski definition) is 6. The molecule has 170 valence electrons. The molecule has 1 aliphatic carbocycles. The first kappa shape index (κ1) is 22.3. The number of anilines is 1. The SMILES string of the molecule is Cc1cccc(C)c1-c1cc(OC2CCCCC2C)nc(NS(=O)(=O)c2cnn(C)c2)n1. The minimum atomic E-state index is -3.89. The predicted octanol–water partition coefficient (Wildman–Crippen LogP) is 4.25. The van der Waals surface area contributed by atoms with Crippen LogP contribution < -0.4 is 9.46 Å². The van der Waals surface area contributed by atoms with Gasteiger partial charge in [0.1, 0.15) is 11.0 Å². The van der Waals surface area contributed by atoms with Crippen molar-refractivity contribution in [2.45, 2.75) is 57.5 Å². The average molecular weight is 456 g/mol. The van der Waals surface area contributed by atoms with E-state index in [4.69, 9.17) is 4.74 Å². The van der Waals surface area contributed by atoms with E-state index in [1.54, 1.807) is 13.1 Å². The fraction of sp³-hybridized carbons (Fsp3) is 0.435. The minimum absolute atomic E-state index is 0.0209. The van der Waals surface area contributed by atoms with E-state index in [1.165, 1.54) is 23.5 Å². The van der Waals surface area contributed by atoms with Gasteiger partial charge in [-0.1, -0.05) is 31.5 Å². The third kappa shape index (κ3) is 4.77. The van der Waals surface area contributed by atoms with Crippen LogP contribution in [0.1, 0.15) is 43.7 Å². The molecule has 1 aliphatic rings. The molecule has 0 aliphatic heterocycles. The first-order valence-corrected chi connectivity index (χ1v) is 12.3. The molecule has 2 heterocycles. The summed E-state index contributed by atoms with van der Waals surface area (Å²) in [6.45, 7) is 6.20. The van der Waals surface area contributed by atoms with E-state index in [0.29, 0.717) is 17.5 Å². The molecule has 9 heteroatoms. The highest BCUT2D eigenvalue weighted by Crippen LogP contribution is 2.32. The molecule has 0 spiro atoms. The molecule has 3 aromatic rings. The van der Waals surface area contributed by atoms with Crippen LogP contribution in [-0.4, -0.2) is 34.3 Å². The second-order valence-electron chi connectivity index (χ2n) is 8.56. The van der Waals surface area contributed by atoms with Crippen LogP contribution in [0.15, 0.2) is 41.6 Å². The summed E-state index contributed by atoms with van der Waals surface area (Å²) in [6, 6.07) is 7.81. The molecule has 0 amide bonds. The first-order chi connectivity index (χ1) is 15.2. The molecule has 2 unspecified atom stereocenters. The van der Waals surface area contributed by atoms with Crippen molar-refractivity contribution in [3.05, 3.63) is 47.8 Å². The van der Waals surface area contributed by atoms with Gasteiger partial charge in [-0.3, -0.25) is 4.68 Å². The second-order valence-corrected chi connectivity index (χ2v) is 10.2. The van der Waals surface area contributed by atoms with Crippen LogP contribution in [0.2, 0.25) is 0 Å². The molecule has 0 bridgehead atoms. The molecule has 2 atom stereocenters. The number of nitrogens with zero attached hydrogens (tertiary/aromatic N) is 4. The van der Waals surface area contributed by atoms with Crippen molar-refractivity contribution in [1.29, 1.82) is 0 Å². The van der Waals surface area contributed by atoms with Crippen LogP contribution in [0.3, 0.4) is 0 Å². The third-order valence-electron chi connectivity index (χ3n) is 5.96. The van der Waals surface area contributed by atoms with Crippen LogP contribution >= 0.6 is 0 Å². The number of rotatable bonds is 6. The summed E-state index contributed by atoms with van der Waals surface area (Å²) in [5, 5.41) is 3.95. The smallest absolute Gasteiger partial charge is 0.267 e. The van der Waals surface area contributed by atoms with Gasteiger partial charge in [0.15, 0.2) is 0 Å². The Kier molecular flexibility index (Phi) is 6.19. The quantitative estimate of drug-likeness (QED) is 0.596. The van der Waals surface area contributed by atoms with Crippen LogP contribution in [0, 0.1) is 19.8 Å². The lowest BCUT2D eigenvalue weighted by Crippen LogP contribution is -2.28. The van der Waals surface area contributed by atoms with E-state index in [2.05, 4.69) is 26.7 Å². The monoisotopic (exact) mass is 455 g/mol. The van der Waals surface area contributed by atoms with E-state index < -0.39 is 10.0 Å². The predicted molar refractivity (Wildman–Crippen MR) is 123 cm³/mol. The van der Waals surface area contributed by atoms with Gasteiger partial charge in [0.05, 0.1) is 11.9 Å². The average Bonchev–Trinajstić information content (AvgIpc) is 3.17. The maximum Gasteiger partial charge on any atom is 0.267 e. The highest BCUT2D eigenvalue weighted by atomic mass is 32.2. The van der Waals surface area contributed by atoms with Crippen LogP contribution in [0.25, 0.3) is 11.3 Å². The molecule has 8 nitrogen and oxygen atoms in total. The van der Waals surface area contributed by atoms with Gasteiger partial charge in [-0.2, -0.15) is 10.1 Å². The van der Waals surface area contributed by atoms with E-state index in [0.717, 1.165) is 36.0 Å². The van der Waals surface area contributed by atoms with Gasteiger partial charge in [0, 0.05) is 24.9 Å². The lowest BCUT2D eigenvalue weighted by molar-refractivity contribution is 0.0977. The highest BCUT2D eigenvalue weighted by molar-refractivity contribution is 7.92. The Bertz CT molecular complexity index is 1200. The maximum atomic E-state index is 12.9. The van der Waals surface area contributed by atoms with Gasteiger partial charge in [0.2, 0.25) is 11.8 Å². The fourth-order valence-electron chi connectivity index (χ4n) is 4.21. The Morgan fingerprint density at radius 2 is 1.84 bits per heavy atom. The number of hydrogen-bond donors (Lipinski definition) is 1. The van der Waals surface area contributed by atoms with Gasteiger partial charge in [-0.05, 0) is 50.2 Å². The first-order valence-electron chi connectivity index (χ1n) is 10.9. The second kappa shape index (κ2) is 8.90.